The summed E-state index contributed by atoms with van der Waals surface area (Å²) in [4.78, 5) is 77.1. The summed E-state index contributed by atoms with van der Waals surface area (Å²) in [5.41, 5.74) is 6.27. The standard InChI is InChI=1S/C35H58N5O9P/c1-23(2)20-27(33(44)48-7)38-31(42)28-17-13-19-40(28)32(43)24(3)22-50(46,47)29(21-25-14-9-8-10-15-25)39-30(41)26(36)16-11-12-18-37-34(45)49-35(4,5)6/h8-10,14-15,23-24,26-29H,11-13,16-22,36H2,1-7H3,(H,37,45)(H,38,42)(H,39,41)(H,46,47)/t24?,26-,27-,28-,29+/m0/s1. The number of likely N-dealkylation sites (tertiary alicyclic amines) is 1. The number of nitrogens with zero attached hydrogens (tertiary/aromatic N) is 1. The molecule has 6 atom stereocenters. The largest absolute Gasteiger partial charge is 0.467 e. The van der Waals surface area contributed by atoms with Crippen LogP contribution in [0, 0.1) is 11.8 Å². The Balaban J connectivity index is 2.08. The molecule has 6 N–H and O–H groups in total. The predicted octanol–water partition coefficient (Wildman–Crippen LogP) is 3.30. The molecule has 1 aliphatic heterocycles. The minimum atomic E-state index is -4.23. The molecule has 4 amide bonds. The van der Waals surface area contributed by atoms with Gasteiger partial charge in [-0.15, -0.1) is 0 Å². The number of nitrogens with one attached hydrogen (secondary N) is 3. The van der Waals surface area contributed by atoms with Crippen LogP contribution in [-0.2, 0) is 39.6 Å². The maximum Gasteiger partial charge on any atom is 0.407 e. The quantitative estimate of drug-likeness (QED) is 0.0849. The Labute approximate surface area is 296 Å². The van der Waals surface area contributed by atoms with Crippen molar-refractivity contribution in [2.24, 2.45) is 17.6 Å². The van der Waals surface area contributed by atoms with E-state index in [4.69, 9.17) is 15.2 Å². The first-order chi connectivity index (χ1) is 23.3. The molecular formula is C35H58N5O9P. The highest BCUT2D eigenvalue weighted by Crippen LogP contribution is 2.48. The fraction of sp³-hybridized carbons (Fsp3) is 0.686. The van der Waals surface area contributed by atoms with Crippen LogP contribution in [0.25, 0.3) is 0 Å². The zero-order valence-electron chi connectivity index (χ0n) is 30.6. The average Bonchev–Trinajstić information content (AvgIpc) is 3.52. The van der Waals surface area contributed by atoms with Crippen LogP contribution >= 0.6 is 7.37 Å². The summed E-state index contributed by atoms with van der Waals surface area (Å²) in [7, 11) is -2.99. The summed E-state index contributed by atoms with van der Waals surface area (Å²) in [5.74, 6) is -4.18. The van der Waals surface area contributed by atoms with Gasteiger partial charge in [0.15, 0.2) is 0 Å². The number of esters is 1. The van der Waals surface area contributed by atoms with Gasteiger partial charge in [-0.25, -0.2) is 9.59 Å². The fourth-order valence-corrected chi connectivity index (χ4v) is 7.83. The molecule has 1 fully saturated rings. The van der Waals surface area contributed by atoms with Crippen molar-refractivity contribution in [1.29, 1.82) is 0 Å². The van der Waals surface area contributed by atoms with Gasteiger partial charge in [0, 0.05) is 31.6 Å². The fourth-order valence-electron chi connectivity index (χ4n) is 5.81. The zero-order valence-corrected chi connectivity index (χ0v) is 31.5. The lowest BCUT2D eigenvalue weighted by Crippen LogP contribution is -2.52. The Bertz CT molecular complexity index is 1340. The molecule has 2 unspecified atom stereocenters. The van der Waals surface area contributed by atoms with Gasteiger partial charge in [0.2, 0.25) is 25.1 Å². The van der Waals surface area contributed by atoms with Gasteiger partial charge in [-0.05, 0) is 70.8 Å². The molecular weight excluding hydrogens is 665 g/mol. The summed E-state index contributed by atoms with van der Waals surface area (Å²) < 4.78 is 24.0. The molecule has 282 valence electrons. The maximum atomic E-state index is 14.0. The molecule has 0 bridgehead atoms. The number of carbonyl (C=O) groups excluding carboxylic acids is 5. The second kappa shape index (κ2) is 19.8. The highest BCUT2D eigenvalue weighted by molar-refractivity contribution is 7.58. The number of unbranched alkanes of at least 4 members (excludes halogenated alkanes) is 1. The highest BCUT2D eigenvalue weighted by Gasteiger charge is 2.41. The van der Waals surface area contributed by atoms with Gasteiger partial charge in [0.05, 0.1) is 13.2 Å². The first kappa shape index (κ1) is 42.7. The number of hydrogen-bond donors (Lipinski definition) is 5. The van der Waals surface area contributed by atoms with Crippen LogP contribution in [-0.4, -0.2) is 95.4 Å². The van der Waals surface area contributed by atoms with E-state index in [1.807, 2.05) is 19.9 Å². The Hall–Kier alpha value is -3.48. The van der Waals surface area contributed by atoms with Crippen LogP contribution in [0.5, 0.6) is 0 Å². The second-order valence-corrected chi connectivity index (χ2v) is 17.0. The zero-order chi connectivity index (χ0) is 37.6. The van der Waals surface area contributed by atoms with Crippen LogP contribution in [0.15, 0.2) is 30.3 Å². The lowest BCUT2D eigenvalue weighted by molar-refractivity contribution is -0.147. The van der Waals surface area contributed by atoms with E-state index in [1.165, 1.54) is 18.9 Å². The number of ether oxygens (including phenoxy) is 2. The number of nitrogens with two attached hydrogens (primary N) is 1. The minimum absolute atomic E-state index is 0.0350. The van der Waals surface area contributed by atoms with Crippen molar-refractivity contribution in [3.63, 3.8) is 0 Å². The number of hydrogen-bond acceptors (Lipinski definition) is 9. The summed E-state index contributed by atoms with van der Waals surface area (Å²) >= 11 is 0. The molecule has 0 spiro atoms. The molecule has 1 heterocycles. The molecule has 1 aliphatic rings. The maximum absolute atomic E-state index is 14.0. The molecule has 0 aliphatic carbocycles. The molecule has 15 heteroatoms. The molecule has 0 radical (unpaired) electrons. The molecule has 2 rings (SSSR count). The monoisotopic (exact) mass is 723 g/mol. The molecule has 50 heavy (non-hydrogen) atoms. The van der Waals surface area contributed by atoms with Crippen molar-refractivity contribution in [1.82, 2.24) is 20.9 Å². The van der Waals surface area contributed by atoms with Gasteiger partial charge in [-0.3, -0.25) is 18.9 Å². The molecule has 0 aromatic heterocycles. The number of carbonyl (C=O) groups is 5. The van der Waals surface area contributed by atoms with Crippen molar-refractivity contribution >= 4 is 37.2 Å². The summed E-state index contributed by atoms with van der Waals surface area (Å²) in [5, 5.41) is 8.07. The SMILES string of the molecule is COC(=O)[C@H](CC(C)C)NC(=O)[C@@H]1CCCN1C(=O)C(C)CP(=O)(O)[C@H](Cc1ccccc1)NC(=O)[C@@H](N)CCCCNC(=O)OC(C)(C)C. The van der Waals surface area contributed by atoms with E-state index in [0.717, 1.165) is 0 Å². The normalized spacial score (nSPS) is 18.3. The Kier molecular flexibility index (Phi) is 16.9. The number of rotatable bonds is 18. The van der Waals surface area contributed by atoms with Gasteiger partial charge >= 0.3 is 12.1 Å². The van der Waals surface area contributed by atoms with Crippen molar-refractivity contribution in [3.8, 4) is 0 Å². The number of benzene rings is 1. The van der Waals surface area contributed by atoms with Crippen molar-refractivity contribution < 1.29 is 42.9 Å². The van der Waals surface area contributed by atoms with Crippen LogP contribution < -0.4 is 21.7 Å². The summed E-state index contributed by atoms with van der Waals surface area (Å²) in [6.07, 6.45) is 1.71. The van der Waals surface area contributed by atoms with E-state index in [9.17, 15) is 33.4 Å². The van der Waals surface area contributed by atoms with Gasteiger partial charge in [-0.1, -0.05) is 51.1 Å². The first-order valence-electron chi connectivity index (χ1n) is 17.4. The predicted molar refractivity (Wildman–Crippen MR) is 190 cm³/mol. The molecule has 1 saturated heterocycles. The van der Waals surface area contributed by atoms with E-state index >= 15 is 0 Å². The topological polar surface area (TPSA) is 206 Å². The lowest BCUT2D eigenvalue weighted by atomic mass is 10.0. The van der Waals surface area contributed by atoms with E-state index in [2.05, 4.69) is 16.0 Å². The molecule has 0 saturated carbocycles. The third kappa shape index (κ3) is 14.4. The van der Waals surface area contributed by atoms with Crippen LogP contribution in [0.3, 0.4) is 0 Å². The van der Waals surface area contributed by atoms with Crippen molar-refractivity contribution in [2.75, 3.05) is 26.4 Å². The Morgan fingerprint density at radius 3 is 2.32 bits per heavy atom. The minimum Gasteiger partial charge on any atom is -0.467 e. The first-order valence-corrected chi connectivity index (χ1v) is 19.3. The Morgan fingerprint density at radius 2 is 1.72 bits per heavy atom. The van der Waals surface area contributed by atoms with E-state index in [1.54, 1.807) is 45.0 Å². The second-order valence-electron chi connectivity index (χ2n) is 14.5. The Morgan fingerprint density at radius 1 is 1.06 bits per heavy atom. The average molecular weight is 724 g/mol. The van der Waals surface area contributed by atoms with Crippen molar-refractivity contribution in [2.45, 2.75) is 116 Å². The van der Waals surface area contributed by atoms with E-state index in [-0.39, 0.29) is 25.3 Å². The molecule has 1 aromatic carbocycles. The van der Waals surface area contributed by atoms with Gasteiger partial charge in [-0.2, -0.15) is 0 Å². The van der Waals surface area contributed by atoms with Crippen molar-refractivity contribution in [3.05, 3.63) is 35.9 Å². The number of methoxy groups -OCH3 is 1. The summed E-state index contributed by atoms with van der Waals surface area (Å²) in [6.45, 7) is 11.3. The third-order valence-electron chi connectivity index (χ3n) is 8.32. The van der Waals surface area contributed by atoms with Gasteiger partial charge in [0.1, 0.15) is 23.5 Å². The molecule has 1 aromatic rings. The third-order valence-corrected chi connectivity index (χ3v) is 10.7. The van der Waals surface area contributed by atoms with Crippen LogP contribution in [0.4, 0.5) is 4.79 Å². The van der Waals surface area contributed by atoms with E-state index in [0.29, 0.717) is 44.2 Å². The van der Waals surface area contributed by atoms with Gasteiger partial charge < -0.3 is 41.0 Å². The molecule has 14 nitrogen and oxygen atoms in total. The highest BCUT2D eigenvalue weighted by atomic mass is 31.2. The van der Waals surface area contributed by atoms with Crippen LogP contribution in [0.1, 0.15) is 85.6 Å². The van der Waals surface area contributed by atoms with Crippen LogP contribution in [0.2, 0.25) is 0 Å². The number of alkyl carbamates (subject to hydrolysis) is 1. The number of amides is 4. The smallest absolute Gasteiger partial charge is 0.407 e. The summed E-state index contributed by atoms with van der Waals surface area (Å²) in [6, 6.07) is 6.26. The lowest BCUT2D eigenvalue weighted by Gasteiger charge is -2.31. The van der Waals surface area contributed by atoms with Gasteiger partial charge in [0.25, 0.3) is 0 Å². The van der Waals surface area contributed by atoms with E-state index < -0.39 is 78.7 Å².